The highest BCUT2D eigenvalue weighted by Crippen LogP contribution is 2.32. The van der Waals surface area contributed by atoms with Crippen molar-refractivity contribution < 1.29 is 24.0 Å². The molecule has 11 nitrogen and oxygen atoms in total. The summed E-state index contributed by atoms with van der Waals surface area (Å²) in [6, 6.07) is 4.16. The number of carbonyl (C=O) groups excluding carboxylic acids is 5. The third-order valence-electron chi connectivity index (χ3n) is 7.59. The number of nitrogens with zero attached hydrogens (tertiary/aromatic N) is 4. The quantitative estimate of drug-likeness (QED) is 0.394. The fraction of sp³-hybridized carbons (Fsp3) is 0.429. The molecule has 11 heteroatoms. The van der Waals surface area contributed by atoms with Crippen LogP contribution in [0.3, 0.4) is 0 Å². The Morgan fingerprint density at radius 1 is 1.13 bits per heavy atom. The van der Waals surface area contributed by atoms with E-state index in [9.17, 15) is 24.0 Å². The number of nitrogens with one attached hydrogen (secondary N) is 2. The molecule has 5 rings (SSSR count). The van der Waals surface area contributed by atoms with Crippen LogP contribution in [0.2, 0.25) is 0 Å². The molecule has 0 aliphatic carbocycles. The van der Waals surface area contributed by atoms with Crippen LogP contribution in [0.1, 0.15) is 77.8 Å². The monoisotopic (exact) mass is 532 g/mol. The van der Waals surface area contributed by atoms with Crippen molar-refractivity contribution in [2.24, 2.45) is 0 Å². The van der Waals surface area contributed by atoms with E-state index in [1.54, 1.807) is 24.4 Å². The number of benzene rings is 1. The first kappa shape index (κ1) is 26.3. The molecule has 1 unspecified atom stereocenters. The van der Waals surface area contributed by atoms with E-state index in [1.165, 1.54) is 0 Å². The number of likely N-dealkylation sites (tertiary alicyclic amines) is 1. The molecule has 1 aromatic heterocycles. The molecular formula is C28H32N6O5. The van der Waals surface area contributed by atoms with Gasteiger partial charge in [0.15, 0.2) is 0 Å². The lowest BCUT2D eigenvalue weighted by Crippen LogP contribution is -2.54. The van der Waals surface area contributed by atoms with Crippen molar-refractivity contribution >= 4 is 35.2 Å². The van der Waals surface area contributed by atoms with E-state index in [2.05, 4.69) is 22.3 Å². The maximum atomic E-state index is 13.3. The van der Waals surface area contributed by atoms with Crippen LogP contribution in [-0.2, 0) is 20.9 Å². The van der Waals surface area contributed by atoms with Gasteiger partial charge in [-0.15, -0.1) is 0 Å². The third-order valence-corrected chi connectivity index (χ3v) is 7.59. The van der Waals surface area contributed by atoms with Crippen LogP contribution >= 0.6 is 0 Å². The average molecular weight is 533 g/mol. The fourth-order valence-corrected chi connectivity index (χ4v) is 5.49. The molecule has 5 amide bonds. The van der Waals surface area contributed by atoms with E-state index < -0.39 is 29.7 Å². The number of aromatic nitrogens is 2. The van der Waals surface area contributed by atoms with Crippen molar-refractivity contribution in [3.05, 3.63) is 59.4 Å². The van der Waals surface area contributed by atoms with Crippen LogP contribution in [0.4, 0.5) is 5.69 Å². The standard InChI is InChI=1S/C28H32N6O5/c1-3-5-17(2)26(37)32-12-10-19(11-13-32)33-16-18(15-30-33)14-29-21-7-4-6-20-24(21)28(39)34(27(20)38)22-8-9-23(35)31-25(22)36/h4,6-7,15-16,19,22,29H,2-3,5,8-14H2,1H3,(H,31,35,36). The third kappa shape index (κ3) is 5.08. The zero-order valence-corrected chi connectivity index (χ0v) is 21.9. The first-order valence-corrected chi connectivity index (χ1v) is 13.4. The van der Waals surface area contributed by atoms with Gasteiger partial charge in [-0.1, -0.05) is 26.0 Å². The number of rotatable bonds is 8. The van der Waals surface area contributed by atoms with Crippen molar-refractivity contribution in [3.8, 4) is 0 Å². The predicted octanol–water partition coefficient (Wildman–Crippen LogP) is 2.42. The summed E-state index contributed by atoms with van der Waals surface area (Å²) in [5, 5.41) is 9.98. The predicted molar refractivity (Wildman–Crippen MR) is 142 cm³/mol. The summed E-state index contributed by atoms with van der Waals surface area (Å²) in [6.45, 7) is 7.66. The number of fused-ring (bicyclic) bond motifs is 1. The summed E-state index contributed by atoms with van der Waals surface area (Å²) in [5.41, 5.74) is 2.51. The van der Waals surface area contributed by atoms with Crippen molar-refractivity contribution in [1.29, 1.82) is 0 Å². The summed E-state index contributed by atoms with van der Waals surface area (Å²) in [6.07, 6.45) is 7.13. The molecule has 3 aliphatic heterocycles. The Labute approximate surface area is 226 Å². The molecule has 204 valence electrons. The second kappa shape index (κ2) is 10.8. The molecule has 3 aliphatic rings. The van der Waals surface area contributed by atoms with Crippen molar-refractivity contribution in [2.75, 3.05) is 18.4 Å². The lowest BCUT2D eigenvalue weighted by atomic mass is 10.0. The molecule has 1 aromatic carbocycles. The Kier molecular flexibility index (Phi) is 7.32. The molecule has 2 fully saturated rings. The lowest BCUT2D eigenvalue weighted by Gasteiger charge is -2.32. The van der Waals surface area contributed by atoms with Crippen LogP contribution < -0.4 is 10.6 Å². The smallest absolute Gasteiger partial charge is 0.264 e. The molecule has 0 spiro atoms. The van der Waals surface area contributed by atoms with E-state index in [4.69, 9.17) is 0 Å². The minimum atomic E-state index is -1.01. The highest BCUT2D eigenvalue weighted by Gasteiger charge is 2.45. The molecule has 2 saturated heterocycles. The van der Waals surface area contributed by atoms with E-state index in [0.29, 0.717) is 37.3 Å². The van der Waals surface area contributed by atoms with Gasteiger partial charge in [0, 0.05) is 49.1 Å². The van der Waals surface area contributed by atoms with Gasteiger partial charge in [0.2, 0.25) is 17.7 Å². The number of piperidine rings is 2. The van der Waals surface area contributed by atoms with Gasteiger partial charge in [-0.2, -0.15) is 5.10 Å². The minimum absolute atomic E-state index is 0.0419. The molecule has 0 bridgehead atoms. The van der Waals surface area contributed by atoms with E-state index in [0.717, 1.165) is 29.7 Å². The summed E-state index contributed by atoms with van der Waals surface area (Å²) in [7, 11) is 0. The molecule has 1 atom stereocenters. The van der Waals surface area contributed by atoms with Gasteiger partial charge in [-0.3, -0.25) is 38.9 Å². The van der Waals surface area contributed by atoms with Gasteiger partial charge in [-0.05, 0) is 37.8 Å². The minimum Gasteiger partial charge on any atom is -0.380 e. The van der Waals surface area contributed by atoms with Crippen LogP contribution in [0.5, 0.6) is 0 Å². The second-order valence-electron chi connectivity index (χ2n) is 10.2. The molecule has 2 N–H and O–H groups in total. The summed E-state index contributed by atoms with van der Waals surface area (Å²) >= 11 is 0. The SMILES string of the molecule is C=C(CCC)C(=O)N1CCC(n2cc(CNc3cccc4c3C(=O)N(C3CCC(=O)NC3=O)C4=O)cn2)CC1. The van der Waals surface area contributed by atoms with Crippen LogP contribution in [-0.4, -0.2) is 68.2 Å². The van der Waals surface area contributed by atoms with E-state index in [-0.39, 0.29) is 35.9 Å². The van der Waals surface area contributed by atoms with Gasteiger partial charge in [-0.25, -0.2) is 0 Å². The van der Waals surface area contributed by atoms with Gasteiger partial charge >= 0.3 is 0 Å². The lowest BCUT2D eigenvalue weighted by molar-refractivity contribution is -0.136. The van der Waals surface area contributed by atoms with Crippen LogP contribution in [0, 0.1) is 0 Å². The topological polar surface area (TPSA) is 134 Å². The zero-order chi connectivity index (χ0) is 27.7. The molecule has 39 heavy (non-hydrogen) atoms. The summed E-state index contributed by atoms with van der Waals surface area (Å²) < 4.78 is 1.93. The highest BCUT2D eigenvalue weighted by molar-refractivity contribution is 6.25. The number of imide groups is 2. The Bertz CT molecular complexity index is 1360. The van der Waals surface area contributed by atoms with E-state index in [1.807, 2.05) is 22.7 Å². The molecule has 0 radical (unpaired) electrons. The van der Waals surface area contributed by atoms with Crippen molar-refractivity contribution in [2.45, 2.75) is 64.1 Å². The summed E-state index contributed by atoms with van der Waals surface area (Å²) in [5.74, 6) is -2.09. The largest absolute Gasteiger partial charge is 0.380 e. The Hall–Kier alpha value is -4.28. The van der Waals surface area contributed by atoms with Gasteiger partial charge in [0.05, 0.1) is 23.4 Å². The number of anilines is 1. The fourth-order valence-electron chi connectivity index (χ4n) is 5.49. The zero-order valence-electron chi connectivity index (χ0n) is 21.9. The van der Waals surface area contributed by atoms with Crippen molar-refractivity contribution in [1.82, 2.24) is 24.9 Å². The normalized spacial score (nSPS) is 19.8. The molecular weight excluding hydrogens is 500 g/mol. The number of hydrogen-bond acceptors (Lipinski definition) is 7. The molecule has 2 aromatic rings. The highest BCUT2D eigenvalue weighted by atomic mass is 16.2. The maximum absolute atomic E-state index is 13.3. The summed E-state index contributed by atoms with van der Waals surface area (Å²) in [4.78, 5) is 65.6. The van der Waals surface area contributed by atoms with E-state index >= 15 is 0 Å². The van der Waals surface area contributed by atoms with Gasteiger partial charge in [0.25, 0.3) is 11.8 Å². The first-order valence-electron chi connectivity index (χ1n) is 13.4. The second-order valence-corrected chi connectivity index (χ2v) is 10.2. The van der Waals surface area contributed by atoms with Gasteiger partial charge in [0.1, 0.15) is 6.04 Å². The van der Waals surface area contributed by atoms with Crippen LogP contribution in [0.25, 0.3) is 0 Å². The number of hydrogen-bond donors (Lipinski definition) is 2. The first-order chi connectivity index (χ1) is 18.8. The van der Waals surface area contributed by atoms with Gasteiger partial charge < -0.3 is 10.2 Å². The Balaban J connectivity index is 1.22. The maximum Gasteiger partial charge on any atom is 0.264 e. The average Bonchev–Trinajstić information content (AvgIpc) is 3.50. The molecule has 0 saturated carbocycles. The Morgan fingerprint density at radius 2 is 1.90 bits per heavy atom. The Morgan fingerprint density at radius 3 is 2.62 bits per heavy atom. The number of carbonyl (C=O) groups is 5. The van der Waals surface area contributed by atoms with Crippen LogP contribution in [0.15, 0.2) is 42.7 Å². The number of amides is 5. The molecule has 4 heterocycles. The van der Waals surface area contributed by atoms with Crippen molar-refractivity contribution in [3.63, 3.8) is 0 Å².